The van der Waals surface area contributed by atoms with E-state index in [-0.39, 0.29) is 17.6 Å². The number of non-ortho nitro benzene ring substituents is 1. The second-order valence-corrected chi connectivity index (χ2v) is 6.91. The molecule has 0 saturated heterocycles. The Hall–Kier alpha value is -4.53. The van der Waals surface area contributed by atoms with Crippen molar-refractivity contribution in [2.75, 3.05) is 5.73 Å². The molecule has 0 amide bonds. The highest BCUT2D eigenvalue weighted by atomic mass is 16.6. The van der Waals surface area contributed by atoms with Gasteiger partial charge in [0.1, 0.15) is 6.29 Å². The first-order valence-electron chi connectivity index (χ1n) is 9.81. The van der Waals surface area contributed by atoms with Gasteiger partial charge in [-0.3, -0.25) is 14.9 Å². The number of nitro groups is 1. The molecule has 0 atom stereocenters. The van der Waals surface area contributed by atoms with E-state index < -0.39 is 4.92 Å². The molecule has 2 heterocycles. The Kier molecular flexibility index (Phi) is 5.63. The first kappa shape index (κ1) is 20.7. The number of carbonyl (C=O) groups is 1. The number of anilines is 1. The monoisotopic (exact) mass is 429 g/mol. The van der Waals surface area contributed by atoms with Crippen molar-refractivity contribution in [3.8, 4) is 11.5 Å². The lowest BCUT2D eigenvalue weighted by atomic mass is 10.1. The number of rotatable bonds is 4. The molecule has 0 saturated carbocycles. The third kappa shape index (κ3) is 3.91. The molecule has 3 aromatic carbocycles. The van der Waals surface area contributed by atoms with E-state index in [1.165, 1.54) is 40.7 Å². The van der Waals surface area contributed by atoms with Gasteiger partial charge in [-0.25, -0.2) is 0 Å². The Balaban J connectivity index is 0.000000155. The summed E-state index contributed by atoms with van der Waals surface area (Å²) >= 11 is 0. The first-order chi connectivity index (χ1) is 15.5. The molecule has 0 bridgehead atoms. The largest absolute Gasteiger partial charge is 0.404 e. The third-order valence-electron chi connectivity index (χ3n) is 5.01. The highest BCUT2D eigenvalue weighted by molar-refractivity contribution is 6.09. The Bertz CT molecular complexity index is 1420. The number of benzene rings is 3. The molecular weight excluding hydrogens is 410 g/mol. The number of carbonyl (C=O) groups excluding carboxylic acids is 1. The van der Waals surface area contributed by atoms with Gasteiger partial charge in [-0.2, -0.15) is 0 Å². The quantitative estimate of drug-likeness (QED) is 0.245. The zero-order valence-corrected chi connectivity index (χ0v) is 17.1. The van der Waals surface area contributed by atoms with Crippen molar-refractivity contribution in [2.24, 2.45) is 0 Å². The van der Waals surface area contributed by atoms with E-state index in [9.17, 15) is 14.9 Å². The molecule has 0 radical (unpaired) electrons. The standard InChI is InChI=1S/C15H13NO.C8H6N4O3/c1-2-16-14-6-4-3-5-12(14)13-9-11(10-17)7-8-15(13)16;9-8-11-10-7(15-8)5-1-3-6(4-2-5)12(13)14/h3-10H,2H2,1H3;1-4H,(H2,9,11). The fourth-order valence-electron chi connectivity index (χ4n) is 3.56. The Morgan fingerprint density at radius 1 is 1.03 bits per heavy atom. The number of para-hydroxylation sites is 1. The van der Waals surface area contributed by atoms with Gasteiger partial charge in [0.2, 0.25) is 5.89 Å². The predicted octanol–water partition coefficient (Wildman–Crippen LogP) is 4.85. The van der Waals surface area contributed by atoms with Crippen molar-refractivity contribution in [1.82, 2.24) is 14.8 Å². The van der Waals surface area contributed by atoms with Crippen molar-refractivity contribution >= 4 is 39.8 Å². The van der Waals surface area contributed by atoms with Crippen molar-refractivity contribution < 1.29 is 14.1 Å². The number of nitrogens with zero attached hydrogens (tertiary/aromatic N) is 4. The zero-order chi connectivity index (χ0) is 22.7. The number of nitrogen functional groups attached to an aromatic ring is 1. The number of hydrogen-bond donors (Lipinski definition) is 1. The van der Waals surface area contributed by atoms with Gasteiger partial charge in [-0.05, 0) is 43.3 Å². The van der Waals surface area contributed by atoms with Gasteiger partial charge in [-0.1, -0.05) is 23.3 Å². The summed E-state index contributed by atoms with van der Waals surface area (Å²) in [4.78, 5) is 20.8. The van der Waals surface area contributed by atoms with Crippen LogP contribution in [-0.2, 0) is 6.54 Å². The minimum Gasteiger partial charge on any atom is -0.404 e. The SMILES string of the molecule is CCn1c2ccccc2c2cc(C=O)ccc21.Nc1nnc(-c2ccc([N+](=O)[O-])cc2)o1. The second kappa shape index (κ2) is 8.68. The van der Waals surface area contributed by atoms with Gasteiger partial charge < -0.3 is 14.7 Å². The lowest BCUT2D eigenvalue weighted by molar-refractivity contribution is -0.384. The number of hydrogen-bond acceptors (Lipinski definition) is 7. The maximum Gasteiger partial charge on any atom is 0.313 e. The van der Waals surface area contributed by atoms with Crippen LogP contribution in [0, 0.1) is 10.1 Å². The molecule has 2 N–H and O–H groups in total. The summed E-state index contributed by atoms with van der Waals surface area (Å²) in [5.41, 5.74) is 9.00. The summed E-state index contributed by atoms with van der Waals surface area (Å²) in [7, 11) is 0. The van der Waals surface area contributed by atoms with Crippen LogP contribution in [0.2, 0.25) is 0 Å². The summed E-state index contributed by atoms with van der Waals surface area (Å²) < 4.78 is 7.23. The Labute approximate surface area is 182 Å². The molecule has 0 unspecified atom stereocenters. The number of aryl methyl sites for hydroxylation is 1. The minimum absolute atomic E-state index is 0.00578. The van der Waals surface area contributed by atoms with Gasteiger partial charge in [0, 0.05) is 51.6 Å². The van der Waals surface area contributed by atoms with Crippen LogP contribution in [0.5, 0.6) is 0 Å². The summed E-state index contributed by atoms with van der Waals surface area (Å²) in [5, 5.41) is 19.9. The van der Waals surface area contributed by atoms with Crippen molar-refractivity contribution in [2.45, 2.75) is 13.5 Å². The molecule has 0 spiro atoms. The van der Waals surface area contributed by atoms with Crippen LogP contribution in [0.15, 0.2) is 71.1 Å². The van der Waals surface area contributed by atoms with Gasteiger partial charge in [0.25, 0.3) is 5.69 Å². The summed E-state index contributed by atoms with van der Waals surface area (Å²) in [6.07, 6.45) is 0.900. The normalized spacial score (nSPS) is 10.7. The molecular formula is C23H19N5O4. The van der Waals surface area contributed by atoms with Crippen molar-refractivity contribution in [3.63, 3.8) is 0 Å². The van der Waals surface area contributed by atoms with Crippen LogP contribution in [0.4, 0.5) is 11.7 Å². The van der Waals surface area contributed by atoms with Gasteiger partial charge in [-0.15, -0.1) is 5.10 Å². The van der Waals surface area contributed by atoms with Crippen LogP contribution >= 0.6 is 0 Å². The maximum atomic E-state index is 10.9. The van der Waals surface area contributed by atoms with E-state index in [4.69, 9.17) is 10.2 Å². The number of aromatic nitrogens is 3. The topological polar surface area (TPSA) is 130 Å². The molecule has 5 aromatic rings. The van der Waals surface area contributed by atoms with E-state index in [0.29, 0.717) is 5.56 Å². The van der Waals surface area contributed by atoms with Crippen LogP contribution in [-0.4, -0.2) is 26.0 Å². The van der Waals surface area contributed by atoms with E-state index in [2.05, 4.69) is 33.8 Å². The number of nitro benzene ring substituents is 1. The Morgan fingerprint density at radius 3 is 2.38 bits per heavy atom. The summed E-state index contributed by atoms with van der Waals surface area (Å²) in [6, 6.07) is 19.9. The van der Waals surface area contributed by atoms with Crippen LogP contribution < -0.4 is 5.73 Å². The molecule has 0 aliphatic carbocycles. The van der Waals surface area contributed by atoms with Crippen LogP contribution in [0.25, 0.3) is 33.3 Å². The maximum absolute atomic E-state index is 10.9. The average Bonchev–Trinajstić information content (AvgIpc) is 3.40. The first-order valence-corrected chi connectivity index (χ1v) is 9.81. The van der Waals surface area contributed by atoms with Crippen LogP contribution in [0.3, 0.4) is 0 Å². The summed E-state index contributed by atoms with van der Waals surface area (Å²) in [6.45, 7) is 3.07. The number of aldehydes is 1. The molecule has 32 heavy (non-hydrogen) atoms. The molecule has 5 rings (SSSR count). The van der Waals surface area contributed by atoms with Crippen molar-refractivity contribution in [3.05, 3.63) is 82.4 Å². The van der Waals surface area contributed by atoms with Crippen molar-refractivity contribution in [1.29, 1.82) is 0 Å². The van der Waals surface area contributed by atoms with Gasteiger partial charge in [0.05, 0.1) is 4.92 Å². The molecule has 2 aromatic heterocycles. The van der Waals surface area contributed by atoms with E-state index >= 15 is 0 Å². The average molecular weight is 429 g/mol. The van der Waals surface area contributed by atoms with Gasteiger partial charge >= 0.3 is 6.01 Å². The molecule has 0 aliphatic heterocycles. The van der Waals surface area contributed by atoms with E-state index in [1.807, 2.05) is 30.3 Å². The third-order valence-corrected chi connectivity index (χ3v) is 5.01. The van der Waals surface area contributed by atoms with E-state index in [1.54, 1.807) is 0 Å². The molecule has 0 fully saturated rings. The molecule has 9 nitrogen and oxygen atoms in total. The molecule has 160 valence electrons. The predicted molar refractivity (Wildman–Crippen MR) is 121 cm³/mol. The highest BCUT2D eigenvalue weighted by Gasteiger charge is 2.10. The lowest BCUT2D eigenvalue weighted by Gasteiger charge is -2.02. The molecule has 9 heteroatoms. The number of nitrogens with two attached hydrogens (primary N) is 1. The zero-order valence-electron chi connectivity index (χ0n) is 17.1. The minimum atomic E-state index is -0.480. The van der Waals surface area contributed by atoms with E-state index in [0.717, 1.165) is 23.8 Å². The Morgan fingerprint density at radius 2 is 1.75 bits per heavy atom. The van der Waals surface area contributed by atoms with Crippen LogP contribution in [0.1, 0.15) is 17.3 Å². The molecule has 0 aliphatic rings. The highest BCUT2D eigenvalue weighted by Crippen LogP contribution is 2.29. The lowest BCUT2D eigenvalue weighted by Crippen LogP contribution is -1.92. The number of fused-ring (bicyclic) bond motifs is 3. The summed E-state index contributed by atoms with van der Waals surface area (Å²) in [5.74, 6) is 0.238. The smallest absolute Gasteiger partial charge is 0.313 e. The van der Waals surface area contributed by atoms with Gasteiger partial charge in [0.15, 0.2) is 0 Å². The fourth-order valence-corrected chi connectivity index (χ4v) is 3.56. The fraction of sp³-hybridized carbons (Fsp3) is 0.0870. The second-order valence-electron chi connectivity index (χ2n) is 6.91.